The number of aromatic nitrogens is 3. The zero-order valence-corrected chi connectivity index (χ0v) is 17.3. The summed E-state index contributed by atoms with van der Waals surface area (Å²) in [4.78, 5) is 22.0. The Hall–Kier alpha value is -3.06. The number of pyridine rings is 1. The Morgan fingerprint density at radius 2 is 1.97 bits per heavy atom. The molecule has 3 aromatic heterocycles. The van der Waals surface area contributed by atoms with Crippen molar-refractivity contribution < 1.29 is 9.18 Å². The highest BCUT2D eigenvalue weighted by atomic mass is 32.1. The standard InChI is InChI=1S/C22H21FN4OS/c1-13(2)22-24-17(12-29-22)11-19(28)26-21-20(15-4-6-16(23)7-5-15)25-18-10-14(3)8-9-27(18)21/h4-10,12-13H,11H2,1-3H3,(H,26,28). The first-order valence-corrected chi connectivity index (χ1v) is 10.3. The summed E-state index contributed by atoms with van der Waals surface area (Å²) in [6.07, 6.45) is 2.06. The second-order valence-corrected chi connectivity index (χ2v) is 8.19. The molecule has 29 heavy (non-hydrogen) atoms. The van der Waals surface area contributed by atoms with Gasteiger partial charge in [0.05, 0.1) is 17.1 Å². The number of imidazole rings is 1. The third-order valence-corrected chi connectivity index (χ3v) is 5.76. The van der Waals surface area contributed by atoms with E-state index in [1.165, 1.54) is 12.1 Å². The minimum atomic E-state index is -0.316. The number of carbonyl (C=O) groups is 1. The maximum atomic E-state index is 13.4. The zero-order chi connectivity index (χ0) is 20.5. The van der Waals surface area contributed by atoms with Gasteiger partial charge < -0.3 is 5.32 Å². The van der Waals surface area contributed by atoms with Crippen molar-refractivity contribution in [3.05, 3.63) is 70.1 Å². The first-order chi connectivity index (χ1) is 13.9. The van der Waals surface area contributed by atoms with Crippen LogP contribution in [-0.4, -0.2) is 20.3 Å². The van der Waals surface area contributed by atoms with Crippen molar-refractivity contribution in [1.29, 1.82) is 0 Å². The fourth-order valence-corrected chi connectivity index (χ4v) is 3.92. The number of nitrogens with zero attached hydrogens (tertiary/aromatic N) is 3. The number of rotatable bonds is 5. The Balaban J connectivity index is 1.68. The third-order valence-electron chi connectivity index (χ3n) is 4.56. The molecule has 0 fully saturated rings. The van der Waals surface area contributed by atoms with Gasteiger partial charge in [-0.1, -0.05) is 13.8 Å². The van der Waals surface area contributed by atoms with Gasteiger partial charge in [-0.25, -0.2) is 14.4 Å². The summed E-state index contributed by atoms with van der Waals surface area (Å²) in [6, 6.07) is 9.99. The molecule has 0 radical (unpaired) electrons. The van der Waals surface area contributed by atoms with Crippen LogP contribution in [0.15, 0.2) is 48.0 Å². The molecule has 5 nitrogen and oxygen atoms in total. The van der Waals surface area contributed by atoms with Crippen molar-refractivity contribution in [2.75, 3.05) is 5.32 Å². The van der Waals surface area contributed by atoms with E-state index < -0.39 is 0 Å². The number of hydrogen-bond acceptors (Lipinski definition) is 4. The maximum Gasteiger partial charge on any atom is 0.231 e. The summed E-state index contributed by atoms with van der Waals surface area (Å²) in [6.45, 7) is 6.15. The van der Waals surface area contributed by atoms with E-state index in [1.54, 1.807) is 23.5 Å². The summed E-state index contributed by atoms with van der Waals surface area (Å²) in [7, 11) is 0. The zero-order valence-electron chi connectivity index (χ0n) is 16.4. The number of aryl methyl sites for hydroxylation is 1. The highest BCUT2D eigenvalue weighted by Crippen LogP contribution is 2.29. The summed E-state index contributed by atoms with van der Waals surface area (Å²) in [5, 5.41) is 5.93. The number of amides is 1. The number of thiazole rings is 1. The molecule has 1 aromatic carbocycles. The monoisotopic (exact) mass is 408 g/mol. The van der Waals surface area contributed by atoms with E-state index in [0.717, 1.165) is 27.5 Å². The Labute approximate surface area is 172 Å². The van der Waals surface area contributed by atoms with Crippen LogP contribution in [-0.2, 0) is 11.2 Å². The van der Waals surface area contributed by atoms with Crippen molar-refractivity contribution in [3.63, 3.8) is 0 Å². The second kappa shape index (κ2) is 7.75. The van der Waals surface area contributed by atoms with E-state index in [0.29, 0.717) is 17.4 Å². The second-order valence-electron chi connectivity index (χ2n) is 7.30. The largest absolute Gasteiger partial charge is 0.310 e. The van der Waals surface area contributed by atoms with E-state index in [-0.39, 0.29) is 18.1 Å². The molecule has 4 rings (SSSR count). The van der Waals surface area contributed by atoms with Crippen molar-refractivity contribution in [3.8, 4) is 11.3 Å². The van der Waals surface area contributed by atoms with Gasteiger partial charge in [0, 0.05) is 23.1 Å². The van der Waals surface area contributed by atoms with E-state index in [4.69, 9.17) is 0 Å². The number of halogens is 1. The number of anilines is 1. The first kappa shape index (κ1) is 19.3. The number of hydrogen-bond donors (Lipinski definition) is 1. The molecule has 4 aromatic rings. The van der Waals surface area contributed by atoms with Crippen molar-refractivity contribution in [2.45, 2.75) is 33.1 Å². The van der Waals surface area contributed by atoms with Crippen LogP contribution in [0.4, 0.5) is 10.2 Å². The Kier molecular flexibility index (Phi) is 5.15. The van der Waals surface area contributed by atoms with Gasteiger partial charge >= 0.3 is 0 Å². The van der Waals surface area contributed by atoms with Crippen LogP contribution in [0.2, 0.25) is 0 Å². The van der Waals surface area contributed by atoms with Crippen LogP contribution in [0.25, 0.3) is 16.9 Å². The molecule has 0 saturated carbocycles. The Morgan fingerprint density at radius 3 is 2.66 bits per heavy atom. The fourth-order valence-electron chi connectivity index (χ4n) is 3.08. The molecule has 7 heteroatoms. The van der Waals surface area contributed by atoms with Crippen LogP contribution in [0.5, 0.6) is 0 Å². The highest BCUT2D eigenvalue weighted by molar-refractivity contribution is 7.09. The topological polar surface area (TPSA) is 59.3 Å². The molecule has 0 aliphatic heterocycles. The molecular weight excluding hydrogens is 387 g/mol. The van der Waals surface area contributed by atoms with Crippen LogP contribution >= 0.6 is 11.3 Å². The molecule has 1 N–H and O–H groups in total. The average Bonchev–Trinajstić information content (AvgIpc) is 3.27. The number of fused-ring (bicyclic) bond motifs is 1. The molecule has 0 unspecified atom stereocenters. The van der Waals surface area contributed by atoms with Gasteiger partial charge in [0.15, 0.2) is 0 Å². The van der Waals surface area contributed by atoms with Gasteiger partial charge in [-0.05, 0) is 48.9 Å². The Bertz CT molecular complexity index is 1180. The van der Waals surface area contributed by atoms with Gasteiger partial charge in [0.25, 0.3) is 0 Å². The van der Waals surface area contributed by atoms with Crippen molar-refractivity contribution in [1.82, 2.24) is 14.4 Å². The van der Waals surface area contributed by atoms with E-state index in [9.17, 15) is 9.18 Å². The summed E-state index contributed by atoms with van der Waals surface area (Å²) in [5.74, 6) is 0.416. The maximum absolute atomic E-state index is 13.4. The summed E-state index contributed by atoms with van der Waals surface area (Å²) in [5.41, 5.74) is 3.87. The molecule has 0 atom stereocenters. The molecule has 3 heterocycles. The lowest BCUT2D eigenvalue weighted by molar-refractivity contribution is -0.115. The quantitative estimate of drug-likeness (QED) is 0.493. The Morgan fingerprint density at radius 1 is 1.21 bits per heavy atom. The lowest BCUT2D eigenvalue weighted by Crippen LogP contribution is -2.16. The molecule has 0 aliphatic carbocycles. The van der Waals surface area contributed by atoms with Crippen LogP contribution in [0.1, 0.15) is 36.0 Å². The third kappa shape index (κ3) is 4.05. The van der Waals surface area contributed by atoms with Gasteiger partial charge in [0.2, 0.25) is 5.91 Å². The van der Waals surface area contributed by atoms with Gasteiger partial charge in [-0.3, -0.25) is 9.20 Å². The number of nitrogens with one attached hydrogen (secondary N) is 1. The number of carbonyl (C=O) groups excluding carboxylic acids is 1. The van der Waals surface area contributed by atoms with E-state index in [2.05, 4.69) is 29.1 Å². The highest BCUT2D eigenvalue weighted by Gasteiger charge is 2.18. The molecule has 0 aliphatic rings. The molecule has 0 saturated heterocycles. The molecule has 0 spiro atoms. The molecular formula is C22H21FN4OS. The fraction of sp³-hybridized carbons (Fsp3) is 0.227. The smallest absolute Gasteiger partial charge is 0.231 e. The summed E-state index contributed by atoms with van der Waals surface area (Å²) < 4.78 is 15.2. The molecule has 148 valence electrons. The SMILES string of the molecule is Cc1ccn2c(NC(=O)Cc3csc(C(C)C)n3)c(-c3ccc(F)cc3)nc2c1. The summed E-state index contributed by atoms with van der Waals surface area (Å²) >= 11 is 1.57. The van der Waals surface area contributed by atoms with Gasteiger partial charge in [-0.15, -0.1) is 11.3 Å². The average molecular weight is 409 g/mol. The van der Waals surface area contributed by atoms with Crippen molar-refractivity contribution in [2.24, 2.45) is 0 Å². The number of benzene rings is 1. The normalized spacial score (nSPS) is 11.3. The predicted octanol–water partition coefficient (Wildman–Crippen LogP) is 5.21. The van der Waals surface area contributed by atoms with Crippen LogP contribution in [0, 0.1) is 12.7 Å². The van der Waals surface area contributed by atoms with E-state index >= 15 is 0 Å². The molecule has 1 amide bonds. The van der Waals surface area contributed by atoms with Gasteiger partial charge in [0.1, 0.15) is 23.0 Å². The van der Waals surface area contributed by atoms with Gasteiger partial charge in [-0.2, -0.15) is 0 Å². The predicted molar refractivity (Wildman–Crippen MR) is 114 cm³/mol. The minimum Gasteiger partial charge on any atom is -0.310 e. The van der Waals surface area contributed by atoms with Crippen LogP contribution in [0.3, 0.4) is 0 Å². The lowest BCUT2D eigenvalue weighted by Gasteiger charge is -2.08. The van der Waals surface area contributed by atoms with E-state index in [1.807, 2.05) is 35.0 Å². The lowest BCUT2D eigenvalue weighted by atomic mass is 10.1. The van der Waals surface area contributed by atoms with Crippen LogP contribution < -0.4 is 5.32 Å². The first-order valence-electron chi connectivity index (χ1n) is 9.39. The van der Waals surface area contributed by atoms with Crippen molar-refractivity contribution >= 4 is 28.7 Å². The molecule has 0 bridgehead atoms. The minimum absolute atomic E-state index is 0.170.